The van der Waals surface area contributed by atoms with Crippen LogP contribution < -0.4 is 9.62 Å². The third kappa shape index (κ3) is 4.17. The molecule has 0 saturated heterocycles. The standard InChI is InChI=1S/C21H23FN2O5S/c1-13-11-16-18(12-17(13)24(9-4-10-25)30(3,27)28)29-20(19(16)21(26)23-2)14-5-7-15(22)8-6-14/h5-8,11-12,25H,4,9-10H2,1-3H3,(H,23,26). The Labute approximate surface area is 174 Å². The van der Waals surface area contributed by atoms with Crippen LogP contribution >= 0.6 is 0 Å². The van der Waals surface area contributed by atoms with Gasteiger partial charge in [-0.05, 0) is 49.2 Å². The molecular weight excluding hydrogens is 411 g/mol. The van der Waals surface area contributed by atoms with Crippen molar-refractivity contribution < 1.29 is 27.1 Å². The molecule has 0 spiro atoms. The van der Waals surface area contributed by atoms with Crippen molar-refractivity contribution in [2.24, 2.45) is 0 Å². The van der Waals surface area contributed by atoms with Crippen molar-refractivity contribution in [2.45, 2.75) is 13.3 Å². The van der Waals surface area contributed by atoms with Crippen LogP contribution in [0.1, 0.15) is 22.3 Å². The highest BCUT2D eigenvalue weighted by atomic mass is 32.2. The Balaban J connectivity index is 2.26. The maximum atomic E-state index is 13.4. The van der Waals surface area contributed by atoms with E-state index in [-0.39, 0.29) is 36.8 Å². The number of anilines is 1. The van der Waals surface area contributed by atoms with Gasteiger partial charge in [0, 0.05) is 37.2 Å². The molecule has 0 unspecified atom stereocenters. The number of nitrogens with zero attached hydrogens (tertiary/aromatic N) is 1. The lowest BCUT2D eigenvalue weighted by molar-refractivity contribution is 0.0964. The molecule has 3 rings (SSSR count). The first-order chi connectivity index (χ1) is 14.2. The van der Waals surface area contributed by atoms with E-state index in [2.05, 4.69) is 5.32 Å². The van der Waals surface area contributed by atoms with Crippen molar-refractivity contribution in [2.75, 3.05) is 30.8 Å². The molecule has 30 heavy (non-hydrogen) atoms. The molecule has 1 aromatic heterocycles. The molecule has 0 aliphatic rings. The number of nitrogens with one attached hydrogen (secondary N) is 1. The van der Waals surface area contributed by atoms with Crippen molar-refractivity contribution in [1.29, 1.82) is 0 Å². The fourth-order valence-electron chi connectivity index (χ4n) is 3.34. The Morgan fingerprint density at radius 1 is 1.23 bits per heavy atom. The number of furan rings is 1. The van der Waals surface area contributed by atoms with Crippen LogP contribution in [0.5, 0.6) is 0 Å². The van der Waals surface area contributed by atoms with E-state index in [4.69, 9.17) is 9.52 Å². The van der Waals surface area contributed by atoms with Gasteiger partial charge in [-0.2, -0.15) is 0 Å². The van der Waals surface area contributed by atoms with Crippen LogP contribution in [0, 0.1) is 12.7 Å². The number of benzene rings is 2. The molecule has 0 aliphatic carbocycles. The highest BCUT2D eigenvalue weighted by Gasteiger charge is 2.25. The molecule has 3 aromatic rings. The monoisotopic (exact) mass is 434 g/mol. The Morgan fingerprint density at radius 3 is 2.47 bits per heavy atom. The quantitative estimate of drug-likeness (QED) is 0.595. The summed E-state index contributed by atoms with van der Waals surface area (Å²) in [6.45, 7) is 1.70. The van der Waals surface area contributed by atoms with E-state index < -0.39 is 15.8 Å². The first kappa shape index (κ1) is 21.8. The van der Waals surface area contributed by atoms with E-state index in [1.54, 1.807) is 19.1 Å². The smallest absolute Gasteiger partial charge is 0.255 e. The number of aliphatic hydroxyl groups is 1. The van der Waals surface area contributed by atoms with Gasteiger partial charge in [0.15, 0.2) is 0 Å². The largest absolute Gasteiger partial charge is 0.455 e. The van der Waals surface area contributed by atoms with E-state index in [0.29, 0.717) is 27.8 Å². The maximum Gasteiger partial charge on any atom is 0.255 e. The number of rotatable bonds is 7. The van der Waals surface area contributed by atoms with E-state index in [1.165, 1.54) is 35.6 Å². The summed E-state index contributed by atoms with van der Waals surface area (Å²) in [4.78, 5) is 12.6. The fourth-order valence-corrected chi connectivity index (χ4v) is 4.36. The highest BCUT2D eigenvalue weighted by Crippen LogP contribution is 2.37. The number of halogens is 1. The number of sulfonamides is 1. The van der Waals surface area contributed by atoms with Gasteiger partial charge in [-0.15, -0.1) is 0 Å². The number of aryl methyl sites for hydroxylation is 1. The zero-order valence-electron chi connectivity index (χ0n) is 16.9. The van der Waals surface area contributed by atoms with Crippen molar-refractivity contribution >= 4 is 32.6 Å². The zero-order chi connectivity index (χ0) is 22.1. The molecule has 0 aliphatic heterocycles. The Kier molecular flexibility index (Phi) is 6.14. The van der Waals surface area contributed by atoms with Gasteiger partial charge in [0.2, 0.25) is 10.0 Å². The molecule has 0 bridgehead atoms. The summed E-state index contributed by atoms with van der Waals surface area (Å²) < 4.78 is 45.2. The summed E-state index contributed by atoms with van der Waals surface area (Å²) in [7, 11) is -2.11. The third-order valence-corrected chi connectivity index (χ3v) is 5.94. The first-order valence-corrected chi connectivity index (χ1v) is 11.2. The number of amides is 1. The minimum Gasteiger partial charge on any atom is -0.455 e. The summed E-state index contributed by atoms with van der Waals surface area (Å²) in [5.41, 5.74) is 2.16. The Morgan fingerprint density at radius 2 is 1.90 bits per heavy atom. The Bertz CT molecular complexity index is 1190. The minimum absolute atomic E-state index is 0.107. The Hall–Kier alpha value is -2.91. The van der Waals surface area contributed by atoms with Crippen LogP contribution in [-0.4, -0.2) is 45.9 Å². The van der Waals surface area contributed by atoms with Crippen LogP contribution in [0.3, 0.4) is 0 Å². The molecule has 2 N–H and O–H groups in total. The second-order valence-electron chi connectivity index (χ2n) is 6.94. The molecule has 9 heteroatoms. The molecule has 1 heterocycles. The number of carbonyl (C=O) groups is 1. The summed E-state index contributed by atoms with van der Waals surface area (Å²) in [5, 5.41) is 12.2. The first-order valence-electron chi connectivity index (χ1n) is 9.31. The average molecular weight is 434 g/mol. The van der Waals surface area contributed by atoms with Crippen molar-refractivity contribution in [3.8, 4) is 11.3 Å². The van der Waals surface area contributed by atoms with Crippen LogP contribution in [0.15, 0.2) is 40.8 Å². The lowest BCUT2D eigenvalue weighted by Crippen LogP contribution is -2.31. The van der Waals surface area contributed by atoms with Crippen LogP contribution in [-0.2, 0) is 10.0 Å². The van der Waals surface area contributed by atoms with Gasteiger partial charge < -0.3 is 14.8 Å². The average Bonchev–Trinajstić information content (AvgIpc) is 3.05. The topological polar surface area (TPSA) is 99.8 Å². The van der Waals surface area contributed by atoms with Gasteiger partial charge in [0.05, 0.1) is 17.5 Å². The number of hydrogen-bond donors (Lipinski definition) is 2. The van der Waals surface area contributed by atoms with E-state index in [1.807, 2.05) is 0 Å². The summed E-state index contributed by atoms with van der Waals surface area (Å²) in [6.07, 6.45) is 1.36. The SMILES string of the molecule is CNC(=O)c1c(-c2ccc(F)cc2)oc2cc(N(CCCO)S(C)(=O)=O)c(C)cc12. The van der Waals surface area contributed by atoms with Gasteiger partial charge in [0.25, 0.3) is 5.91 Å². The highest BCUT2D eigenvalue weighted by molar-refractivity contribution is 7.92. The normalized spacial score (nSPS) is 11.6. The predicted molar refractivity (Wildman–Crippen MR) is 114 cm³/mol. The summed E-state index contributed by atoms with van der Waals surface area (Å²) in [6, 6.07) is 8.83. The lowest BCUT2D eigenvalue weighted by Gasteiger charge is -2.23. The minimum atomic E-state index is -3.60. The van der Waals surface area contributed by atoms with Crippen LogP contribution in [0.4, 0.5) is 10.1 Å². The van der Waals surface area contributed by atoms with Gasteiger partial charge in [-0.25, -0.2) is 12.8 Å². The third-order valence-electron chi connectivity index (χ3n) is 4.76. The maximum absolute atomic E-state index is 13.4. The van der Waals surface area contributed by atoms with Crippen molar-refractivity contribution in [1.82, 2.24) is 5.32 Å². The zero-order valence-corrected chi connectivity index (χ0v) is 17.7. The molecule has 0 fully saturated rings. The van der Waals surface area contributed by atoms with Gasteiger partial charge in [0.1, 0.15) is 17.2 Å². The lowest BCUT2D eigenvalue weighted by atomic mass is 10.0. The molecule has 0 atom stereocenters. The number of hydrogen-bond acceptors (Lipinski definition) is 5. The van der Waals surface area contributed by atoms with E-state index in [9.17, 15) is 17.6 Å². The molecule has 7 nitrogen and oxygen atoms in total. The second-order valence-corrected chi connectivity index (χ2v) is 8.85. The number of carbonyl (C=O) groups excluding carboxylic acids is 1. The van der Waals surface area contributed by atoms with Gasteiger partial charge >= 0.3 is 0 Å². The molecule has 0 saturated carbocycles. The summed E-state index contributed by atoms with van der Waals surface area (Å²) in [5.74, 6) is -0.523. The second kappa shape index (κ2) is 8.45. The van der Waals surface area contributed by atoms with Crippen LogP contribution in [0.2, 0.25) is 0 Å². The summed E-state index contributed by atoms with van der Waals surface area (Å²) >= 11 is 0. The number of fused-ring (bicyclic) bond motifs is 1. The van der Waals surface area contributed by atoms with E-state index >= 15 is 0 Å². The fraction of sp³-hybridized carbons (Fsp3) is 0.286. The van der Waals surface area contributed by atoms with Gasteiger partial charge in [-0.1, -0.05) is 0 Å². The molecule has 160 valence electrons. The predicted octanol–water partition coefficient (Wildman–Crippen LogP) is 3.06. The number of aliphatic hydroxyl groups excluding tert-OH is 1. The molecule has 2 aromatic carbocycles. The molecular formula is C21H23FN2O5S. The van der Waals surface area contributed by atoms with Crippen molar-refractivity contribution in [3.05, 3.63) is 53.3 Å². The molecule has 0 radical (unpaired) electrons. The molecule has 1 amide bonds. The van der Waals surface area contributed by atoms with E-state index in [0.717, 1.165) is 6.26 Å². The van der Waals surface area contributed by atoms with Gasteiger partial charge in [-0.3, -0.25) is 9.10 Å². The van der Waals surface area contributed by atoms with Crippen molar-refractivity contribution in [3.63, 3.8) is 0 Å². The van der Waals surface area contributed by atoms with Crippen LogP contribution in [0.25, 0.3) is 22.3 Å².